The normalized spacial score (nSPS) is 11.7. The lowest BCUT2D eigenvalue weighted by Crippen LogP contribution is -2.35. The zero-order valence-electron chi connectivity index (χ0n) is 10.3. The summed E-state index contributed by atoms with van der Waals surface area (Å²) in [5.74, 6) is -0.889. The van der Waals surface area contributed by atoms with E-state index in [0.29, 0.717) is 0 Å². The first kappa shape index (κ1) is 15.4. The number of halogens is 3. The molecule has 1 aromatic heterocycles. The first-order chi connectivity index (χ1) is 8.90. The van der Waals surface area contributed by atoms with Gasteiger partial charge in [0.05, 0.1) is 17.7 Å². The van der Waals surface area contributed by atoms with Crippen molar-refractivity contribution < 1.29 is 27.4 Å². The molecule has 8 heteroatoms. The van der Waals surface area contributed by atoms with Gasteiger partial charge in [-0.1, -0.05) is 0 Å². The molecule has 1 rings (SSSR count). The van der Waals surface area contributed by atoms with Gasteiger partial charge in [0.1, 0.15) is 0 Å². The lowest BCUT2D eigenvalue weighted by atomic mass is 10.1. The highest BCUT2D eigenvalue weighted by atomic mass is 19.4. The summed E-state index contributed by atoms with van der Waals surface area (Å²) in [7, 11) is 2.71. The van der Waals surface area contributed by atoms with Gasteiger partial charge in [-0.3, -0.25) is 9.78 Å². The number of carbonyl (C=O) groups excluding carboxylic acids is 1. The van der Waals surface area contributed by atoms with Gasteiger partial charge in [0, 0.05) is 26.6 Å². The third-order valence-electron chi connectivity index (χ3n) is 2.33. The molecule has 1 N–H and O–H groups in total. The van der Waals surface area contributed by atoms with Crippen molar-refractivity contribution in [1.82, 2.24) is 10.3 Å². The zero-order valence-corrected chi connectivity index (χ0v) is 10.3. The number of ether oxygens (including phenoxy) is 2. The molecule has 106 valence electrons. The van der Waals surface area contributed by atoms with Gasteiger partial charge in [0.2, 0.25) is 0 Å². The van der Waals surface area contributed by atoms with Gasteiger partial charge in [0.15, 0.2) is 6.29 Å². The molecular weight excluding hydrogens is 265 g/mol. The number of rotatable bonds is 5. The molecule has 0 fully saturated rings. The van der Waals surface area contributed by atoms with Crippen LogP contribution >= 0.6 is 0 Å². The van der Waals surface area contributed by atoms with E-state index in [1.807, 2.05) is 0 Å². The van der Waals surface area contributed by atoms with E-state index < -0.39 is 29.5 Å². The molecule has 0 unspecified atom stereocenters. The molecule has 0 bridgehead atoms. The molecule has 0 saturated carbocycles. The van der Waals surface area contributed by atoms with Crippen LogP contribution in [-0.2, 0) is 15.7 Å². The summed E-state index contributed by atoms with van der Waals surface area (Å²) in [6, 6.07) is 0.749. The van der Waals surface area contributed by atoms with Crippen molar-refractivity contribution in [1.29, 1.82) is 0 Å². The standard InChI is InChI=1S/C11H13F3N2O3/c1-18-9(19-2)6-16-10(17)7-5-15-4-3-8(7)11(12,13)14/h3-5,9H,6H2,1-2H3,(H,16,17). The van der Waals surface area contributed by atoms with Crippen LogP contribution in [0.4, 0.5) is 13.2 Å². The fourth-order valence-electron chi connectivity index (χ4n) is 1.36. The summed E-state index contributed by atoms with van der Waals surface area (Å²) in [5, 5.41) is 2.28. The fourth-order valence-corrected chi connectivity index (χ4v) is 1.36. The Morgan fingerprint density at radius 1 is 1.42 bits per heavy atom. The van der Waals surface area contributed by atoms with Crippen LogP contribution in [-0.4, -0.2) is 37.9 Å². The Bertz CT molecular complexity index is 433. The van der Waals surface area contributed by atoms with Crippen molar-refractivity contribution in [2.24, 2.45) is 0 Å². The smallest absolute Gasteiger partial charge is 0.354 e. The Morgan fingerprint density at radius 2 is 2.05 bits per heavy atom. The van der Waals surface area contributed by atoms with Gasteiger partial charge in [-0.05, 0) is 6.07 Å². The molecule has 0 aromatic carbocycles. The number of alkyl halides is 3. The minimum absolute atomic E-state index is 0.0714. The molecule has 1 heterocycles. The lowest BCUT2D eigenvalue weighted by molar-refractivity contribution is -0.138. The van der Waals surface area contributed by atoms with E-state index in [1.165, 1.54) is 14.2 Å². The van der Waals surface area contributed by atoms with E-state index in [-0.39, 0.29) is 6.54 Å². The first-order valence-corrected chi connectivity index (χ1v) is 5.25. The van der Waals surface area contributed by atoms with E-state index in [9.17, 15) is 18.0 Å². The van der Waals surface area contributed by atoms with E-state index >= 15 is 0 Å². The molecule has 0 aliphatic heterocycles. The molecule has 1 amide bonds. The first-order valence-electron chi connectivity index (χ1n) is 5.25. The molecule has 0 aliphatic rings. The number of hydrogen-bond donors (Lipinski definition) is 1. The van der Waals surface area contributed by atoms with Gasteiger partial charge >= 0.3 is 6.18 Å². The number of carbonyl (C=O) groups is 1. The van der Waals surface area contributed by atoms with Crippen molar-refractivity contribution in [2.75, 3.05) is 20.8 Å². The van der Waals surface area contributed by atoms with Gasteiger partial charge in [-0.25, -0.2) is 0 Å². The summed E-state index contributed by atoms with van der Waals surface area (Å²) in [5.41, 5.74) is -1.58. The Kier molecular flexibility index (Phi) is 5.25. The van der Waals surface area contributed by atoms with Crippen LogP contribution in [0.1, 0.15) is 15.9 Å². The number of hydrogen-bond acceptors (Lipinski definition) is 4. The number of aromatic nitrogens is 1. The molecule has 0 spiro atoms. The van der Waals surface area contributed by atoms with Crippen LogP contribution < -0.4 is 5.32 Å². The third-order valence-corrected chi connectivity index (χ3v) is 2.33. The van der Waals surface area contributed by atoms with Gasteiger partial charge in [-0.15, -0.1) is 0 Å². The quantitative estimate of drug-likeness (QED) is 0.828. The summed E-state index contributed by atoms with van der Waals surface area (Å²) in [6.07, 6.45) is -3.49. The molecule has 0 aliphatic carbocycles. The van der Waals surface area contributed by atoms with Crippen LogP contribution in [0.25, 0.3) is 0 Å². The molecule has 0 saturated heterocycles. The highest BCUT2D eigenvalue weighted by Crippen LogP contribution is 2.31. The lowest BCUT2D eigenvalue weighted by Gasteiger charge is -2.15. The molecule has 0 atom stereocenters. The monoisotopic (exact) mass is 278 g/mol. The van der Waals surface area contributed by atoms with Crippen molar-refractivity contribution >= 4 is 5.91 Å². The van der Waals surface area contributed by atoms with Crippen LogP contribution in [0.15, 0.2) is 18.5 Å². The highest BCUT2D eigenvalue weighted by Gasteiger charge is 2.35. The summed E-state index contributed by atoms with van der Waals surface area (Å²) in [6.45, 7) is -0.0714. The Morgan fingerprint density at radius 3 is 2.58 bits per heavy atom. The Labute approximate surface area is 107 Å². The minimum Gasteiger partial charge on any atom is -0.354 e. The molecular formula is C11H13F3N2O3. The predicted octanol–water partition coefficient (Wildman–Crippen LogP) is 1.45. The van der Waals surface area contributed by atoms with E-state index in [0.717, 1.165) is 18.5 Å². The second-order valence-electron chi connectivity index (χ2n) is 3.53. The second-order valence-corrected chi connectivity index (χ2v) is 3.53. The second kappa shape index (κ2) is 6.48. The topological polar surface area (TPSA) is 60.5 Å². The van der Waals surface area contributed by atoms with Crippen LogP contribution in [0.5, 0.6) is 0 Å². The van der Waals surface area contributed by atoms with Gasteiger partial charge in [0.25, 0.3) is 5.91 Å². The maximum absolute atomic E-state index is 12.7. The summed E-state index contributed by atoms with van der Waals surface area (Å²) >= 11 is 0. The van der Waals surface area contributed by atoms with Gasteiger partial charge in [-0.2, -0.15) is 13.2 Å². The fraction of sp³-hybridized carbons (Fsp3) is 0.455. The van der Waals surface area contributed by atoms with E-state index in [1.54, 1.807) is 0 Å². The van der Waals surface area contributed by atoms with Crippen molar-refractivity contribution in [3.05, 3.63) is 29.6 Å². The van der Waals surface area contributed by atoms with Crippen molar-refractivity contribution in [3.8, 4) is 0 Å². The number of methoxy groups -OCH3 is 2. The molecule has 5 nitrogen and oxygen atoms in total. The molecule has 1 aromatic rings. The minimum atomic E-state index is -4.61. The molecule has 19 heavy (non-hydrogen) atoms. The average molecular weight is 278 g/mol. The highest BCUT2D eigenvalue weighted by molar-refractivity contribution is 5.95. The maximum atomic E-state index is 12.7. The van der Waals surface area contributed by atoms with Crippen LogP contribution in [0.2, 0.25) is 0 Å². The van der Waals surface area contributed by atoms with Crippen molar-refractivity contribution in [3.63, 3.8) is 0 Å². The number of nitrogens with zero attached hydrogens (tertiary/aromatic N) is 1. The molecule has 0 radical (unpaired) electrons. The third kappa shape index (κ3) is 4.18. The predicted molar refractivity (Wildman–Crippen MR) is 59.4 cm³/mol. The largest absolute Gasteiger partial charge is 0.417 e. The van der Waals surface area contributed by atoms with Crippen LogP contribution in [0.3, 0.4) is 0 Å². The SMILES string of the molecule is COC(CNC(=O)c1cnccc1C(F)(F)F)OC. The zero-order chi connectivity index (χ0) is 14.5. The average Bonchev–Trinajstić information content (AvgIpc) is 2.38. The number of pyridine rings is 1. The van der Waals surface area contributed by atoms with Gasteiger partial charge < -0.3 is 14.8 Å². The maximum Gasteiger partial charge on any atom is 0.417 e. The summed E-state index contributed by atoms with van der Waals surface area (Å²) < 4.78 is 47.7. The van der Waals surface area contributed by atoms with E-state index in [2.05, 4.69) is 10.3 Å². The Balaban J connectivity index is 2.83. The summed E-state index contributed by atoms with van der Waals surface area (Å²) in [4.78, 5) is 15.2. The van der Waals surface area contributed by atoms with Crippen LogP contribution in [0, 0.1) is 0 Å². The number of amides is 1. The number of nitrogens with one attached hydrogen (secondary N) is 1. The Hall–Kier alpha value is -1.67. The van der Waals surface area contributed by atoms with Crippen molar-refractivity contribution in [2.45, 2.75) is 12.5 Å². The van der Waals surface area contributed by atoms with E-state index in [4.69, 9.17) is 9.47 Å².